The third kappa shape index (κ3) is 4.70. The van der Waals surface area contributed by atoms with Crippen LogP contribution in [-0.4, -0.2) is 35.6 Å². The van der Waals surface area contributed by atoms with Gasteiger partial charge in [-0.05, 0) is 28.1 Å². The van der Waals surface area contributed by atoms with Crippen molar-refractivity contribution in [1.29, 1.82) is 0 Å². The Morgan fingerprint density at radius 3 is 2.53 bits per heavy atom. The van der Waals surface area contributed by atoms with Crippen molar-refractivity contribution in [1.82, 2.24) is 5.32 Å². The van der Waals surface area contributed by atoms with E-state index < -0.39 is 30.5 Å². The minimum Gasteiger partial charge on any atom is -0.480 e. The summed E-state index contributed by atoms with van der Waals surface area (Å²) in [5.74, 6) is -2.45. The lowest BCUT2D eigenvalue weighted by atomic mass is 10.2. The van der Waals surface area contributed by atoms with Gasteiger partial charge in [-0.25, -0.2) is 4.79 Å². The molecule has 1 aromatic rings. The number of hydrogen-bond donors (Lipinski definition) is 2. The van der Waals surface area contributed by atoms with Crippen molar-refractivity contribution in [3.05, 3.63) is 34.3 Å². The van der Waals surface area contributed by atoms with E-state index in [2.05, 4.69) is 26.0 Å². The van der Waals surface area contributed by atoms with E-state index in [1.165, 1.54) is 0 Å². The molecule has 7 heteroatoms. The van der Waals surface area contributed by atoms with E-state index in [9.17, 15) is 14.4 Å². The fourth-order valence-electron chi connectivity index (χ4n) is 1.26. The molecule has 0 aliphatic carbocycles. The SMILES string of the molecule is CC(=O)OC[C@H](NC(=O)c1ccccc1Br)C(=O)O. The summed E-state index contributed by atoms with van der Waals surface area (Å²) in [6, 6.07) is 5.31. The van der Waals surface area contributed by atoms with E-state index in [1.54, 1.807) is 24.3 Å². The van der Waals surface area contributed by atoms with Crippen LogP contribution in [0, 0.1) is 0 Å². The number of rotatable bonds is 5. The van der Waals surface area contributed by atoms with E-state index in [1.807, 2.05) is 0 Å². The van der Waals surface area contributed by atoms with Crippen LogP contribution in [0.2, 0.25) is 0 Å². The largest absolute Gasteiger partial charge is 0.480 e. The van der Waals surface area contributed by atoms with Gasteiger partial charge in [0, 0.05) is 11.4 Å². The number of benzene rings is 1. The average Bonchev–Trinajstić information content (AvgIpc) is 2.34. The predicted octanol–water partition coefficient (Wildman–Crippen LogP) is 1.20. The molecule has 0 saturated carbocycles. The highest BCUT2D eigenvalue weighted by atomic mass is 79.9. The first-order chi connectivity index (χ1) is 8.91. The number of carboxylic acids is 1. The molecule has 1 aromatic carbocycles. The molecule has 0 bridgehead atoms. The smallest absolute Gasteiger partial charge is 0.329 e. The molecule has 2 N–H and O–H groups in total. The van der Waals surface area contributed by atoms with Crippen molar-refractivity contribution in [3.8, 4) is 0 Å². The highest BCUT2D eigenvalue weighted by Gasteiger charge is 2.22. The van der Waals surface area contributed by atoms with Crippen LogP contribution in [0.3, 0.4) is 0 Å². The summed E-state index contributed by atoms with van der Waals surface area (Å²) in [6.07, 6.45) is 0. The number of aliphatic carboxylic acids is 1. The van der Waals surface area contributed by atoms with Crippen LogP contribution in [0.1, 0.15) is 17.3 Å². The van der Waals surface area contributed by atoms with E-state index in [-0.39, 0.29) is 0 Å². The van der Waals surface area contributed by atoms with Crippen LogP contribution >= 0.6 is 15.9 Å². The zero-order valence-electron chi connectivity index (χ0n) is 10.1. The molecule has 0 radical (unpaired) electrons. The molecule has 102 valence electrons. The number of halogens is 1. The highest BCUT2D eigenvalue weighted by Crippen LogP contribution is 2.15. The molecule has 19 heavy (non-hydrogen) atoms. The van der Waals surface area contributed by atoms with Gasteiger partial charge >= 0.3 is 11.9 Å². The van der Waals surface area contributed by atoms with E-state index in [0.29, 0.717) is 10.0 Å². The summed E-state index contributed by atoms with van der Waals surface area (Å²) in [5, 5.41) is 11.2. The normalized spacial score (nSPS) is 11.5. The lowest BCUT2D eigenvalue weighted by Gasteiger charge is -2.14. The summed E-state index contributed by atoms with van der Waals surface area (Å²) < 4.78 is 5.13. The van der Waals surface area contributed by atoms with Crippen molar-refractivity contribution >= 4 is 33.8 Å². The minimum absolute atomic E-state index is 0.302. The van der Waals surface area contributed by atoms with E-state index in [4.69, 9.17) is 5.11 Å². The highest BCUT2D eigenvalue weighted by molar-refractivity contribution is 9.10. The molecule has 0 spiro atoms. The van der Waals surface area contributed by atoms with Crippen LogP contribution in [0.4, 0.5) is 0 Å². The Hall–Kier alpha value is -1.89. The molecule has 0 heterocycles. The van der Waals surface area contributed by atoms with Crippen LogP contribution in [-0.2, 0) is 14.3 Å². The Bertz CT molecular complexity index is 503. The Labute approximate surface area is 117 Å². The third-order valence-corrected chi connectivity index (χ3v) is 2.87. The van der Waals surface area contributed by atoms with Gasteiger partial charge in [-0.3, -0.25) is 9.59 Å². The molecule has 0 unspecified atom stereocenters. The Morgan fingerprint density at radius 2 is 2.00 bits per heavy atom. The number of carbonyl (C=O) groups is 3. The van der Waals surface area contributed by atoms with Crippen molar-refractivity contribution in [3.63, 3.8) is 0 Å². The Morgan fingerprint density at radius 1 is 1.37 bits per heavy atom. The molecule has 0 saturated heterocycles. The molecular weight excluding hydrogens is 318 g/mol. The molecule has 0 fully saturated rings. The second-order valence-corrected chi connectivity index (χ2v) is 4.50. The van der Waals surface area contributed by atoms with Gasteiger partial charge in [-0.15, -0.1) is 0 Å². The van der Waals surface area contributed by atoms with Gasteiger partial charge in [0.05, 0.1) is 5.56 Å². The number of amides is 1. The number of ether oxygens (including phenoxy) is 1. The quantitative estimate of drug-likeness (QED) is 0.792. The zero-order valence-corrected chi connectivity index (χ0v) is 11.6. The summed E-state index contributed by atoms with van der Waals surface area (Å²) in [6.45, 7) is 0.745. The van der Waals surface area contributed by atoms with Gasteiger partial charge in [0.1, 0.15) is 6.61 Å². The van der Waals surface area contributed by atoms with Crippen LogP contribution < -0.4 is 5.32 Å². The molecule has 0 aromatic heterocycles. The lowest BCUT2D eigenvalue weighted by molar-refractivity contribution is -0.146. The summed E-state index contributed by atoms with van der Waals surface area (Å²) in [5.41, 5.74) is 0.302. The fourth-order valence-corrected chi connectivity index (χ4v) is 1.72. The molecular formula is C12H12BrNO5. The van der Waals surface area contributed by atoms with Crippen molar-refractivity contribution in [2.45, 2.75) is 13.0 Å². The van der Waals surface area contributed by atoms with Gasteiger partial charge in [0.25, 0.3) is 5.91 Å². The van der Waals surface area contributed by atoms with Crippen LogP contribution in [0.15, 0.2) is 28.7 Å². The number of carbonyl (C=O) groups excluding carboxylic acids is 2. The Balaban J connectivity index is 2.74. The van der Waals surface area contributed by atoms with Gasteiger partial charge < -0.3 is 15.2 Å². The summed E-state index contributed by atoms with van der Waals surface area (Å²) >= 11 is 3.19. The molecule has 0 aliphatic rings. The van der Waals surface area contributed by atoms with Crippen LogP contribution in [0.25, 0.3) is 0 Å². The van der Waals surface area contributed by atoms with Gasteiger partial charge in [0.15, 0.2) is 6.04 Å². The second-order valence-electron chi connectivity index (χ2n) is 3.65. The minimum atomic E-state index is -1.29. The number of carboxylic acid groups (broad SMARTS) is 1. The maximum absolute atomic E-state index is 11.9. The van der Waals surface area contributed by atoms with Gasteiger partial charge in [-0.2, -0.15) is 0 Å². The topological polar surface area (TPSA) is 92.7 Å². The molecule has 1 atom stereocenters. The second kappa shape index (κ2) is 6.89. The van der Waals surface area contributed by atoms with Crippen LogP contribution in [0.5, 0.6) is 0 Å². The van der Waals surface area contributed by atoms with E-state index in [0.717, 1.165) is 6.92 Å². The van der Waals surface area contributed by atoms with Gasteiger partial charge in [-0.1, -0.05) is 12.1 Å². The molecule has 0 aliphatic heterocycles. The fraction of sp³-hybridized carbons (Fsp3) is 0.250. The van der Waals surface area contributed by atoms with Crippen molar-refractivity contribution in [2.24, 2.45) is 0 Å². The van der Waals surface area contributed by atoms with Gasteiger partial charge in [0.2, 0.25) is 0 Å². The summed E-state index contributed by atoms with van der Waals surface area (Å²) in [4.78, 5) is 33.5. The van der Waals surface area contributed by atoms with E-state index >= 15 is 0 Å². The first-order valence-corrected chi connectivity index (χ1v) is 6.12. The van der Waals surface area contributed by atoms with Crippen molar-refractivity contribution in [2.75, 3.05) is 6.61 Å². The number of esters is 1. The number of nitrogens with one attached hydrogen (secondary N) is 1. The molecule has 6 nitrogen and oxygen atoms in total. The Kier molecular flexibility index (Phi) is 5.50. The predicted molar refractivity (Wildman–Crippen MR) is 69.7 cm³/mol. The zero-order chi connectivity index (χ0) is 14.4. The first-order valence-electron chi connectivity index (χ1n) is 5.33. The number of hydrogen-bond acceptors (Lipinski definition) is 4. The standard InChI is InChI=1S/C12H12BrNO5/c1-7(15)19-6-10(12(17)18)14-11(16)8-4-2-3-5-9(8)13/h2-5,10H,6H2,1H3,(H,14,16)(H,17,18)/t10-/m0/s1. The summed E-state index contributed by atoms with van der Waals surface area (Å²) in [7, 11) is 0. The van der Waals surface area contributed by atoms with Crippen molar-refractivity contribution < 1.29 is 24.2 Å². The maximum atomic E-state index is 11.9. The first kappa shape index (κ1) is 15.2. The molecule has 1 rings (SSSR count). The lowest BCUT2D eigenvalue weighted by Crippen LogP contribution is -2.44. The average molecular weight is 330 g/mol. The molecule has 1 amide bonds. The third-order valence-electron chi connectivity index (χ3n) is 2.18. The monoisotopic (exact) mass is 329 g/mol. The maximum Gasteiger partial charge on any atom is 0.329 e.